The molecule has 0 aliphatic carbocycles. The first kappa shape index (κ1) is 20.3. The highest BCUT2D eigenvalue weighted by molar-refractivity contribution is 9.10. The van der Waals surface area contributed by atoms with Crippen LogP contribution in [-0.4, -0.2) is 35.4 Å². The molecule has 9 heteroatoms. The zero-order chi connectivity index (χ0) is 21.8. The van der Waals surface area contributed by atoms with Crippen molar-refractivity contribution < 1.29 is 9.53 Å². The molecule has 0 aliphatic rings. The van der Waals surface area contributed by atoms with Gasteiger partial charge in [-0.05, 0) is 56.6 Å². The minimum Gasteiger partial charge on any atom is -0.443 e. The van der Waals surface area contributed by atoms with Crippen LogP contribution in [-0.2, 0) is 4.74 Å². The van der Waals surface area contributed by atoms with E-state index in [0.29, 0.717) is 21.5 Å². The molecular formula is C21H22BrN5O3. The van der Waals surface area contributed by atoms with Crippen molar-refractivity contribution >= 4 is 38.6 Å². The van der Waals surface area contributed by atoms with Gasteiger partial charge in [0.25, 0.3) is 5.56 Å². The number of ether oxygens (including phenoxy) is 1. The highest BCUT2D eigenvalue weighted by Crippen LogP contribution is 2.31. The van der Waals surface area contributed by atoms with E-state index in [-0.39, 0.29) is 17.2 Å². The van der Waals surface area contributed by atoms with Gasteiger partial charge in [0, 0.05) is 23.2 Å². The van der Waals surface area contributed by atoms with Gasteiger partial charge >= 0.3 is 6.09 Å². The van der Waals surface area contributed by atoms with Crippen LogP contribution in [0, 0.1) is 0 Å². The summed E-state index contributed by atoms with van der Waals surface area (Å²) in [7, 11) is 0. The first-order valence-corrected chi connectivity index (χ1v) is 10.4. The van der Waals surface area contributed by atoms with E-state index in [1.165, 1.54) is 9.08 Å². The van der Waals surface area contributed by atoms with E-state index in [9.17, 15) is 9.59 Å². The van der Waals surface area contributed by atoms with E-state index in [1.54, 1.807) is 17.0 Å². The van der Waals surface area contributed by atoms with E-state index in [4.69, 9.17) is 4.74 Å². The second kappa shape index (κ2) is 7.09. The van der Waals surface area contributed by atoms with E-state index >= 15 is 0 Å². The largest absolute Gasteiger partial charge is 0.443 e. The molecule has 0 aliphatic heterocycles. The molecule has 3 aromatic heterocycles. The average Bonchev–Trinajstić information content (AvgIpc) is 3.21. The molecule has 0 saturated heterocycles. The molecule has 0 saturated carbocycles. The molecule has 4 rings (SSSR count). The Morgan fingerprint density at radius 1 is 1.20 bits per heavy atom. The normalized spacial score (nSPS) is 12.2. The van der Waals surface area contributed by atoms with Crippen molar-refractivity contribution in [2.45, 2.75) is 46.3 Å². The van der Waals surface area contributed by atoms with Crippen LogP contribution in [0.15, 0.2) is 46.1 Å². The molecule has 0 bridgehead atoms. The smallest absolute Gasteiger partial charge is 0.419 e. The molecule has 0 unspecified atom stereocenters. The number of hydrogen-bond donors (Lipinski definition) is 0. The van der Waals surface area contributed by atoms with Crippen molar-refractivity contribution in [3.63, 3.8) is 0 Å². The number of imidazole rings is 1. The van der Waals surface area contributed by atoms with Crippen molar-refractivity contribution in [1.82, 2.24) is 23.7 Å². The quantitative estimate of drug-likeness (QED) is 0.425. The first-order chi connectivity index (χ1) is 14.1. The van der Waals surface area contributed by atoms with Gasteiger partial charge in [-0.1, -0.05) is 18.2 Å². The van der Waals surface area contributed by atoms with Gasteiger partial charge in [-0.2, -0.15) is 4.52 Å². The van der Waals surface area contributed by atoms with E-state index in [1.807, 2.05) is 58.9 Å². The van der Waals surface area contributed by atoms with Gasteiger partial charge in [0.1, 0.15) is 10.2 Å². The molecule has 30 heavy (non-hydrogen) atoms. The van der Waals surface area contributed by atoms with Crippen LogP contribution in [0.3, 0.4) is 0 Å². The number of fused-ring (bicyclic) bond motifs is 2. The van der Waals surface area contributed by atoms with E-state index in [0.717, 1.165) is 5.39 Å². The van der Waals surface area contributed by atoms with Crippen molar-refractivity contribution in [2.75, 3.05) is 0 Å². The van der Waals surface area contributed by atoms with Crippen LogP contribution in [0.1, 0.15) is 40.7 Å². The fourth-order valence-electron chi connectivity index (χ4n) is 3.40. The summed E-state index contributed by atoms with van der Waals surface area (Å²) < 4.78 is 10.7. The lowest BCUT2D eigenvalue weighted by Crippen LogP contribution is -2.28. The lowest BCUT2D eigenvalue weighted by Gasteiger charge is -2.19. The standard InChI is InChI=1S/C21H22BrN5O3/c1-12(2)26-17(24-27-16(22)10-23-18(27)19(26)28)14-11-25(20(29)30-21(3,4)5)15-9-7-6-8-13(14)15/h6-12H,1-5H3. The Hall–Kier alpha value is -2.94. The molecule has 0 radical (unpaired) electrons. The summed E-state index contributed by atoms with van der Waals surface area (Å²) in [6.45, 7) is 9.28. The summed E-state index contributed by atoms with van der Waals surface area (Å²) in [4.78, 5) is 30.2. The highest BCUT2D eigenvalue weighted by Gasteiger charge is 2.24. The average molecular weight is 472 g/mol. The zero-order valence-corrected chi connectivity index (χ0v) is 19.0. The Morgan fingerprint density at radius 3 is 2.57 bits per heavy atom. The number of hydrogen-bond acceptors (Lipinski definition) is 5. The molecule has 0 spiro atoms. The van der Waals surface area contributed by atoms with Crippen LogP contribution < -0.4 is 5.56 Å². The van der Waals surface area contributed by atoms with Crippen molar-refractivity contribution in [3.05, 3.63) is 51.6 Å². The Morgan fingerprint density at radius 2 is 1.90 bits per heavy atom. The minimum atomic E-state index is -0.637. The third-order valence-corrected chi connectivity index (χ3v) is 5.13. The number of benzene rings is 1. The number of aromatic nitrogens is 5. The topological polar surface area (TPSA) is 83.4 Å². The zero-order valence-electron chi connectivity index (χ0n) is 17.4. The van der Waals surface area contributed by atoms with Crippen LogP contribution in [0.5, 0.6) is 0 Å². The molecule has 0 atom stereocenters. The maximum Gasteiger partial charge on any atom is 0.419 e. The summed E-state index contributed by atoms with van der Waals surface area (Å²) in [5.41, 5.74) is 0.674. The fraction of sp³-hybridized carbons (Fsp3) is 0.333. The number of carbonyl (C=O) groups excluding carboxylic acids is 1. The Bertz CT molecular complexity index is 1340. The number of para-hydroxylation sites is 1. The monoisotopic (exact) mass is 471 g/mol. The molecule has 0 fully saturated rings. The van der Waals surface area contributed by atoms with E-state index in [2.05, 4.69) is 26.0 Å². The Kier molecular flexibility index (Phi) is 4.80. The molecule has 0 amide bonds. The van der Waals surface area contributed by atoms with Crippen LogP contribution in [0.4, 0.5) is 4.79 Å². The van der Waals surface area contributed by atoms with Gasteiger partial charge in [0.05, 0.1) is 11.7 Å². The van der Waals surface area contributed by atoms with Gasteiger partial charge in [-0.25, -0.2) is 9.78 Å². The number of carbonyl (C=O) groups is 1. The van der Waals surface area contributed by atoms with Crippen LogP contribution in [0.2, 0.25) is 0 Å². The van der Waals surface area contributed by atoms with Crippen LogP contribution >= 0.6 is 15.9 Å². The molecular weight excluding hydrogens is 450 g/mol. The second-order valence-corrected chi connectivity index (χ2v) is 9.13. The van der Waals surface area contributed by atoms with Gasteiger partial charge in [0.15, 0.2) is 5.82 Å². The number of halogens is 1. The third kappa shape index (κ3) is 3.32. The summed E-state index contributed by atoms with van der Waals surface area (Å²) in [6.07, 6.45) is 2.73. The van der Waals surface area contributed by atoms with Gasteiger partial charge in [-0.15, -0.1) is 5.10 Å². The summed E-state index contributed by atoms with van der Waals surface area (Å²) in [5, 5.41) is 5.48. The molecule has 156 valence electrons. The maximum atomic E-state index is 13.2. The predicted octanol–water partition coefficient (Wildman–Crippen LogP) is 4.64. The number of rotatable bonds is 2. The number of nitrogens with zero attached hydrogens (tertiary/aromatic N) is 5. The minimum absolute atomic E-state index is 0.163. The molecule has 0 N–H and O–H groups in total. The summed E-state index contributed by atoms with van der Waals surface area (Å²) in [5.74, 6) is 0.444. The Labute approximate surface area is 181 Å². The third-order valence-electron chi connectivity index (χ3n) is 4.59. The molecule has 3 heterocycles. The first-order valence-electron chi connectivity index (χ1n) is 9.58. The summed E-state index contributed by atoms with van der Waals surface area (Å²) in [6, 6.07) is 7.31. The second-order valence-electron chi connectivity index (χ2n) is 8.32. The van der Waals surface area contributed by atoms with E-state index < -0.39 is 11.7 Å². The predicted molar refractivity (Wildman–Crippen MR) is 118 cm³/mol. The molecule has 8 nitrogen and oxygen atoms in total. The van der Waals surface area contributed by atoms with Crippen molar-refractivity contribution in [3.8, 4) is 11.4 Å². The highest BCUT2D eigenvalue weighted by atomic mass is 79.9. The SMILES string of the molecule is CC(C)n1c(-c2cn(C(=O)OC(C)(C)C)c3ccccc23)nn2c(Br)cnc2c1=O. The van der Waals surface area contributed by atoms with Gasteiger partial charge in [0.2, 0.25) is 5.65 Å². The maximum absolute atomic E-state index is 13.2. The van der Waals surface area contributed by atoms with Crippen molar-refractivity contribution in [2.24, 2.45) is 0 Å². The lowest BCUT2D eigenvalue weighted by molar-refractivity contribution is 0.0544. The molecule has 1 aromatic carbocycles. The molecule has 4 aromatic rings. The fourth-order valence-corrected chi connectivity index (χ4v) is 3.75. The Balaban J connectivity index is 2.04. The lowest BCUT2D eigenvalue weighted by atomic mass is 10.1. The van der Waals surface area contributed by atoms with Crippen LogP contribution in [0.25, 0.3) is 27.9 Å². The summed E-state index contributed by atoms with van der Waals surface area (Å²) >= 11 is 3.39. The van der Waals surface area contributed by atoms with Crippen molar-refractivity contribution in [1.29, 1.82) is 0 Å². The van der Waals surface area contributed by atoms with Gasteiger partial charge < -0.3 is 4.74 Å². The van der Waals surface area contributed by atoms with Gasteiger partial charge in [-0.3, -0.25) is 13.9 Å².